The molecule has 3 rings (SSSR count). The molecule has 104 valence electrons. The van der Waals surface area contributed by atoms with Gasteiger partial charge in [-0.1, -0.05) is 11.3 Å². The Kier molecular flexibility index (Phi) is 3.18. The van der Waals surface area contributed by atoms with Crippen molar-refractivity contribution in [3.05, 3.63) is 5.01 Å². The summed E-state index contributed by atoms with van der Waals surface area (Å²) in [7, 11) is 0. The van der Waals surface area contributed by atoms with Crippen molar-refractivity contribution in [2.75, 3.05) is 24.5 Å². The molecule has 1 aromatic heterocycles. The second-order valence-electron chi connectivity index (χ2n) is 5.35. The maximum absolute atomic E-state index is 12.2. The van der Waals surface area contributed by atoms with Crippen LogP contribution in [0.1, 0.15) is 24.3 Å². The Morgan fingerprint density at radius 2 is 2.37 bits per heavy atom. The smallest absolute Gasteiger partial charge is 0.230 e. The fraction of sp³-hybridized carbons (Fsp3) is 0.750. The van der Waals surface area contributed by atoms with E-state index in [1.807, 2.05) is 6.92 Å². The number of aliphatic hydroxyl groups is 1. The Hall–Kier alpha value is -1.21. The Morgan fingerprint density at radius 3 is 3.05 bits per heavy atom. The van der Waals surface area contributed by atoms with Crippen LogP contribution in [0.25, 0.3) is 0 Å². The zero-order valence-corrected chi connectivity index (χ0v) is 11.7. The fourth-order valence-electron chi connectivity index (χ4n) is 3.02. The van der Waals surface area contributed by atoms with E-state index in [9.17, 15) is 9.90 Å². The zero-order valence-electron chi connectivity index (χ0n) is 10.9. The molecular formula is C12H18N4O2S. The minimum Gasteiger partial charge on any atom is -0.392 e. The van der Waals surface area contributed by atoms with Gasteiger partial charge in [-0.15, -0.1) is 10.2 Å². The molecule has 2 saturated heterocycles. The van der Waals surface area contributed by atoms with Crippen LogP contribution in [0.4, 0.5) is 5.13 Å². The maximum atomic E-state index is 12.2. The van der Waals surface area contributed by atoms with E-state index in [1.165, 1.54) is 11.3 Å². The molecule has 1 amide bonds. The lowest BCUT2D eigenvalue weighted by molar-refractivity contribution is -0.142. The SMILES string of the molecule is Cc1nnc(N2CC[C@@H](O)[C@@]3(CCCNC3=O)C2)s1. The lowest BCUT2D eigenvalue weighted by Gasteiger charge is -2.46. The van der Waals surface area contributed by atoms with Crippen LogP contribution in [0.3, 0.4) is 0 Å². The number of aliphatic hydroxyl groups excluding tert-OH is 1. The molecule has 0 unspecified atom stereocenters. The standard InChI is InChI=1S/C12H18N4O2S/c1-8-14-15-11(19-8)16-6-3-9(17)12(7-16)4-2-5-13-10(12)18/h9,17H,2-7H2,1H3,(H,13,18)/t9-,12-/m1/s1. The number of hydrogen-bond acceptors (Lipinski definition) is 6. The molecule has 0 saturated carbocycles. The minimum atomic E-state index is -0.671. The van der Waals surface area contributed by atoms with Crippen molar-refractivity contribution in [3.63, 3.8) is 0 Å². The van der Waals surface area contributed by atoms with E-state index in [0.29, 0.717) is 19.5 Å². The van der Waals surface area contributed by atoms with Crippen LogP contribution in [0.15, 0.2) is 0 Å². The molecule has 2 N–H and O–H groups in total. The Bertz CT molecular complexity index is 492. The second kappa shape index (κ2) is 4.72. The van der Waals surface area contributed by atoms with Gasteiger partial charge >= 0.3 is 0 Å². The first-order valence-electron chi connectivity index (χ1n) is 6.63. The van der Waals surface area contributed by atoms with Crippen LogP contribution >= 0.6 is 11.3 Å². The highest BCUT2D eigenvalue weighted by Gasteiger charge is 2.50. The van der Waals surface area contributed by atoms with Crippen LogP contribution in [-0.2, 0) is 4.79 Å². The molecule has 19 heavy (non-hydrogen) atoms. The minimum absolute atomic E-state index is 0.0165. The van der Waals surface area contributed by atoms with Crippen molar-refractivity contribution >= 4 is 22.4 Å². The number of amides is 1. The lowest BCUT2D eigenvalue weighted by Crippen LogP contribution is -2.61. The molecule has 0 bridgehead atoms. The van der Waals surface area contributed by atoms with Crippen LogP contribution < -0.4 is 10.2 Å². The van der Waals surface area contributed by atoms with Crippen molar-refractivity contribution < 1.29 is 9.90 Å². The van der Waals surface area contributed by atoms with E-state index in [4.69, 9.17) is 0 Å². The van der Waals surface area contributed by atoms with Gasteiger partial charge in [-0.3, -0.25) is 4.79 Å². The maximum Gasteiger partial charge on any atom is 0.230 e. The van der Waals surface area contributed by atoms with Crippen molar-refractivity contribution in [3.8, 4) is 0 Å². The van der Waals surface area contributed by atoms with Crippen molar-refractivity contribution in [1.82, 2.24) is 15.5 Å². The van der Waals surface area contributed by atoms with Crippen LogP contribution in [0.2, 0.25) is 0 Å². The highest BCUT2D eigenvalue weighted by atomic mass is 32.1. The molecule has 0 aromatic carbocycles. The Labute approximate surface area is 115 Å². The molecule has 2 aliphatic heterocycles. The number of nitrogens with zero attached hydrogens (tertiary/aromatic N) is 3. The molecule has 1 spiro atoms. The summed E-state index contributed by atoms with van der Waals surface area (Å²) in [5.41, 5.74) is -0.671. The van der Waals surface area contributed by atoms with E-state index in [0.717, 1.165) is 29.5 Å². The number of anilines is 1. The van der Waals surface area contributed by atoms with Gasteiger partial charge in [-0.25, -0.2) is 0 Å². The summed E-state index contributed by atoms with van der Waals surface area (Å²) in [6.07, 6.45) is 1.71. The first kappa shape index (κ1) is 12.8. The van der Waals surface area contributed by atoms with Gasteiger partial charge in [0.2, 0.25) is 11.0 Å². The molecule has 2 atom stereocenters. The molecule has 2 fully saturated rings. The van der Waals surface area contributed by atoms with Gasteiger partial charge in [-0.2, -0.15) is 0 Å². The first-order chi connectivity index (χ1) is 9.12. The number of hydrogen-bond donors (Lipinski definition) is 2. The summed E-state index contributed by atoms with van der Waals surface area (Å²) in [5.74, 6) is -0.0165. The van der Waals surface area contributed by atoms with Gasteiger partial charge in [0, 0.05) is 19.6 Å². The zero-order chi connectivity index (χ0) is 13.5. The summed E-state index contributed by atoms with van der Waals surface area (Å²) in [6.45, 7) is 3.90. The Morgan fingerprint density at radius 1 is 1.53 bits per heavy atom. The van der Waals surface area contributed by atoms with Gasteiger partial charge < -0.3 is 15.3 Å². The molecule has 0 radical (unpaired) electrons. The topological polar surface area (TPSA) is 78.3 Å². The van der Waals surface area contributed by atoms with E-state index >= 15 is 0 Å². The van der Waals surface area contributed by atoms with Crippen LogP contribution in [-0.4, -0.2) is 46.9 Å². The highest BCUT2D eigenvalue weighted by Crippen LogP contribution is 2.39. The molecule has 2 aliphatic rings. The molecule has 0 aliphatic carbocycles. The third-order valence-electron chi connectivity index (χ3n) is 4.11. The molecular weight excluding hydrogens is 264 g/mol. The van der Waals surface area contributed by atoms with Crippen LogP contribution in [0.5, 0.6) is 0 Å². The molecule has 3 heterocycles. The predicted octanol–water partition coefficient (Wildman–Crippen LogP) is 0.314. The van der Waals surface area contributed by atoms with Gasteiger partial charge in [0.1, 0.15) is 5.01 Å². The second-order valence-corrected chi connectivity index (χ2v) is 6.51. The number of aryl methyl sites for hydroxylation is 1. The van der Waals surface area contributed by atoms with E-state index in [-0.39, 0.29) is 5.91 Å². The van der Waals surface area contributed by atoms with Crippen molar-refractivity contribution in [1.29, 1.82) is 0 Å². The predicted molar refractivity (Wildman–Crippen MR) is 72.2 cm³/mol. The first-order valence-corrected chi connectivity index (χ1v) is 7.45. The van der Waals surface area contributed by atoms with Crippen LogP contribution in [0, 0.1) is 12.3 Å². The third kappa shape index (κ3) is 2.10. The van der Waals surface area contributed by atoms with Crippen molar-refractivity contribution in [2.24, 2.45) is 5.41 Å². The molecule has 7 heteroatoms. The van der Waals surface area contributed by atoms with Gasteiger partial charge in [-0.05, 0) is 26.2 Å². The monoisotopic (exact) mass is 282 g/mol. The number of nitrogens with one attached hydrogen (secondary N) is 1. The summed E-state index contributed by atoms with van der Waals surface area (Å²) in [5, 5.41) is 23.1. The normalized spacial score (nSPS) is 31.6. The lowest BCUT2D eigenvalue weighted by atomic mass is 9.71. The van der Waals surface area contributed by atoms with Gasteiger partial charge in [0.05, 0.1) is 11.5 Å². The molecule has 1 aromatic rings. The quantitative estimate of drug-likeness (QED) is 0.775. The van der Waals surface area contributed by atoms with Gasteiger partial charge in [0.15, 0.2) is 0 Å². The summed E-state index contributed by atoms with van der Waals surface area (Å²) in [6, 6.07) is 0. The number of carbonyl (C=O) groups excluding carboxylic acids is 1. The van der Waals surface area contributed by atoms with Crippen molar-refractivity contribution in [2.45, 2.75) is 32.3 Å². The van der Waals surface area contributed by atoms with Gasteiger partial charge in [0.25, 0.3) is 0 Å². The third-order valence-corrected chi connectivity index (χ3v) is 5.01. The van der Waals surface area contributed by atoms with E-state index in [1.54, 1.807) is 0 Å². The van der Waals surface area contributed by atoms with E-state index in [2.05, 4.69) is 20.4 Å². The number of rotatable bonds is 1. The average molecular weight is 282 g/mol. The number of piperidine rings is 2. The largest absolute Gasteiger partial charge is 0.392 e. The highest BCUT2D eigenvalue weighted by molar-refractivity contribution is 7.15. The summed E-state index contributed by atoms with van der Waals surface area (Å²) < 4.78 is 0. The Balaban J connectivity index is 1.86. The van der Waals surface area contributed by atoms with E-state index < -0.39 is 11.5 Å². The average Bonchev–Trinajstić information content (AvgIpc) is 2.83. The summed E-state index contributed by atoms with van der Waals surface area (Å²) >= 11 is 1.53. The number of aromatic nitrogens is 2. The number of carbonyl (C=O) groups is 1. The summed E-state index contributed by atoms with van der Waals surface area (Å²) in [4.78, 5) is 14.3. The fourth-order valence-corrected chi connectivity index (χ4v) is 3.73. The molecule has 6 nitrogen and oxygen atoms in total.